The Labute approximate surface area is 129 Å². The maximum atomic E-state index is 11.9. The summed E-state index contributed by atoms with van der Waals surface area (Å²) >= 11 is 0. The van der Waals surface area contributed by atoms with E-state index in [1.54, 1.807) is 0 Å². The summed E-state index contributed by atoms with van der Waals surface area (Å²) in [5.41, 5.74) is -0.271. The van der Waals surface area contributed by atoms with Crippen molar-refractivity contribution in [2.24, 2.45) is 0 Å². The van der Waals surface area contributed by atoms with E-state index in [0.717, 1.165) is 5.57 Å². The van der Waals surface area contributed by atoms with Crippen LogP contribution >= 0.6 is 0 Å². The molecule has 0 aromatic carbocycles. The summed E-state index contributed by atoms with van der Waals surface area (Å²) in [6, 6.07) is 0. The highest BCUT2D eigenvalue weighted by Gasteiger charge is 2.18. The van der Waals surface area contributed by atoms with Crippen molar-refractivity contribution in [2.75, 3.05) is 13.2 Å². The van der Waals surface area contributed by atoms with Crippen LogP contribution in [-0.2, 0) is 19.0 Å². The van der Waals surface area contributed by atoms with Gasteiger partial charge < -0.3 is 14.2 Å². The summed E-state index contributed by atoms with van der Waals surface area (Å²) in [5, 5.41) is 0. The Morgan fingerprint density at radius 1 is 0.762 bits per heavy atom. The maximum absolute atomic E-state index is 11.9. The average Bonchev–Trinajstić information content (AvgIpc) is 2.16. The minimum Gasteiger partial charge on any atom is -0.457 e. The molecule has 0 bridgehead atoms. The molecule has 0 amide bonds. The van der Waals surface area contributed by atoms with Crippen LogP contribution in [0.4, 0.5) is 0 Å². The molecule has 21 heavy (non-hydrogen) atoms. The van der Waals surface area contributed by atoms with Crippen molar-refractivity contribution < 1.29 is 19.0 Å². The Morgan fingerprint density at radius 2 is 1.14 bits per heavy atom. The predicted molar refractivity (Wildman–Crippen MR) is 85.3 cm³/mol. The smallest absolute Gasteiger partial charge is 0.331 e. The molecule has 0 unspecified atom stereocenters. The Kier molecular flexibility index (Phi) is 7.10. The first-order chi connectivity index (χ1) is 9.18. The van der Waals surface area contributed by atoms with Crippen LogP contribution in [-0.4, -0.2) is 36.0 Å². The van der Waals surface area contributed by atoms with Gasteiger partial charge in [-0.2, -0.15) is 0 Å². The first-order valence-corrected chi connectivity index (χ1v) is 7.38. The molecular formula is C17H32O4. The van der Waals surface area contributed by atoms with Crippen LogP contribution in [0.2, 0.25) is 0 Å². The molecule has 0 saturated heterocycles. The summed E-state index contributed by atoms with van der Waals surface area (Å²) in [4.78, 5) is 11.9. The standard InChI is InChI=1S/C17H32O4/c1-15(2,3)19-11-13(12-20-16(4,5)6)10-14(18)21-17(7,8)9/h10H,11-12H2,1-9H3. The van der Waals surface area contributed by atoms with E-state index in [9.17, 15) is 4.79 Å². The molecule has 4 heteroatoms. The van der Waals surface area contributed by atoms with Gasteiger partial charge in [0.15, 0.2) is 0 Å². The fourth-order valence-corrected chi connectivity index (χ4v) is 1.24. The van der Waals surface area contributed by atoms with Gasteiger partial charge in [-0.05, 0) is 67.9 Å². The molecule has 0 spiro atoms. The van der Waals surface area contributed by atoms with Crippen molar-refractivity contribution in [3.8, 4) is 0 Å². The second-order valence-electron chi connectivity index (χ2n) is 8.14. The van der Waals surface area contributed by atoms with Gasteiger partial charge in [-0.25, -0.2) is 4.79 Å². The topological polar surface area (TPSA) is 44.8 Å². The second-order valence-corrected chi connectivity index (χ2v) is 8.14. The molecule has 0 aliphatic carbocycles. The lowest BCUT2D eigenvalue weighted by atomic mass is 10.1. The first kappa shape index (κ1) is 20.1. The van der Waals surface area contributed by atoms with Crippen molar-refractivity contribution in [1.29, 1.82) is 0 Å². The van der Waals surface area contributed by atoms with Gasteiger partial charge in [-0.3, -0.25) is 0 Å². The summed E-state index contributed by atoms with van der Waals surface area (Å²) in [7, 11) is 0. The average molecular weight is 300 g/mol. The van der Waals surface area contributed by atoms with Crippen LogP contribution in [0.3, 0.4) is 0 Å². The molecule has 0 aromatic heterocycles. The van der Waals surface area contributed by atoms with E-state index >= 15 is 0 Å². The zero-order valence-electron chi connectivity index (χ0n) is 15.1. The predicted octanol–water partition coefficient (Wildman–Crippen LogP) is 3.88. The molecule has 0 heterocycles. The van der Waals surface area contributed by atoms with E-state index in [4.69, 9.17) is 14.2 Å². The van der Waals surface area contributed by atoms with Gasteiger partial charge in [0.05, 0.1) is 24.4 Å². The number of esters is 1. The van der Waals surface area contributed by atoms with Crippen molar-refractivity contribution in [2.45, 2.75) is 79.1 Å². The molecule has 0 atom stereocenters. The fraction of sp³-hybridized carbons (Fsp3) is 0.824. The van der Waals surface area contributed by atoms with Crippen LogP contribution in [0.5, 0.6) is 0 Å². The minimum atomic E-state index is -0.505. The van der Waals surface area contributed by atoms with Gasteiger partial charge >= 0.3 is 5.97 Å². The Morgan fingerprint density at radius 3 is 1.43 bits per heavy atom. The molecule has 0 saturated carbocycles. The summed E-state index contributed by atoms with van der Waals surface area (Å²) in [5.74, 6) is -0.368. The van der Waals surface area contributed by atoms with Crippen molar-refractivity contribution in [3.63, 3.8) is 0 Å². The number of carbonyl (C=O) groups excluding carboxylic acids is 1. The number of hydrogen-bond donors (Lipinski definition) is 0. The SMILES string of the molecule is CC(C)(C)OCC(=CC(=O)OC(C)(C)C)COC(C)(C)C. The minimum absolute atomic E-state index is 0.269. The molecule has 0 fully saturated rings. The molecule has 0 N–H and O–H groups in total. The Hall–Kier alpha value is -0.870. The van der Waals surface area contributed by atoms with E-state index in [1.165, 1.54) is 6.08 Å². The first-order valence-electron chi connectivity index (χ1n) is 7.38. The molecule has 0 radical (unpaired) electrons. The molecule has 4 nitrogen and oxygen atoms in total. The molecule has 124 valence electrons. The van der Waals surface area contributed by atoms with Crippen LogP contribution in [0, 0.1) is 0 Å². The maximum Gasteiger partial charge on any atom is 0.331 e. The molecule has 0 rings (SSSR count). The molecule has 0 aliphatic rings. The fourth-order valence-electron chi connectivity index (χ4n) is 1.24. The lowest BCUT2D eigenvalue weighted by molar-refractivity contribution is -0.148. The summed E-state index contributed by atoms with van der Waals surface area (Å²) in [6.07, 6.45) is 1.47. The molecule has 0 aliphatic heterocycles. The van der Waals surface area contributed by atoms with E-state index < -0.39 is 5.60 Å². The number of hydrogen-bond acceptors (Lipinski definition) is 4. The van der Waals surface area contributed by atoms with Gasteiger partial charge in [0.2, 0.25) is 0 Å². The highest BCUT2D eigenvalue weighted by molar-refractivity contribution is 5.83. The van der Waals surface area contributed by atoms with E-state index in [2.05, 4.69) is 0 Å². The number of carbonyl (C=O) groups is 1. The normalized spacial score (nSPS) is 13.0. The van der Waals surface area contributed by atoms with Gasteiger partial charge in [-0.1, -0.05) is 0 Å². The van der Waals surface area contributed by atoms with Crippen LogP contribution in [0.25, 0.3) is 0 Å². The number of rotatable bonds is 5. The molecular weight excluding hydrogens is 268 g/mol. The molecule has 0 aromatic rings. The van der Waals surface area contributed by atoms with Crippen LogP contribution in [0.15, 0.2) is 11.6 Å². The third kappa shape index (κ3) is 13.9. The summed E-state index contributed by atoms with van der Waals surface area (Å²) in [6.45, 7) is 18.1. The lowest BCUT2D eigenvalue weighted by Crippen LogP contribution is -2.26. The van der Waals surface area contributed by atoms with Crippen molar-refractivity contribution >= 4 is 5.97 Å². The number of ether oxygens (including phenoxy) is 3. The third-order valence-corrected chi connectivity index (χ3v) is 2.11. The van der Waals surface area contributed by atoms with E-state index in [1.807, 2.05) is 62.3 Å². The quantitative estimate of drug-likeness (QED) is 0.571. The third-order valence-electron chi connectivity index (χ3n) is 2.11. The van der Waals surface area contributed by atoms with Crippen molar-refractivity contribution in [1.82, 2.24) is 0 Å². The second kappa shape index (κ2) is 7.41. The monoisotopic (exact) mass is 300 g/mol. The van der Waals surface area contributed by atoms with Gasteiger partial charge in [0.1, 0.15) is 5.60 Å². The highest BCUT2D eigenvalue weighted by Crippen LogP contribution is 2.14. The van der Waals surface area contributed by atoms with Crippen LogP contribution < -0.4 is 0 Å². The van der Waals surface area contributed by atoms with Crippen LogP contribution in [0.1, 0.15) is 62.3 Å². The van der Waals surface area contributed by atoms with Gasteiger partial charge in [0, 0.05) is 6.08 Å². The van der Waals surface area contributed by atoms with Crippen molar-refractivity contribution in [3.05, 3.63) is 11.6 Å². The highest BCUT2D eigenvalue weighted by atomic mass is 16.6. The van der Waals surface area contributed by atoms with E-state index in [-0.39, 0.29) is 17.2 Å². The Balaban J connectivity index is 4.81. The Bertz CT molecular complexity index is 342. The zero-order valence-corrected chi connectivity index (χ0v) is 15.1. The largest absolute Gasteiger partial charge is 0.457 e. The zero-order chi connectivity index (χ0) is 16.9. The van der Waals surface area contributed by atoms with Gasteiger partial charge in [-0.15, -0.1) is 0 Å². The van der Waals surface area contributed by atoms with Gasteiger partial charge in [0.25, 0.3) is 0 Å². The lowest BCUT2D eigenvalue weighted by Gasteiger charge is -2.24. The summed E-state index contributed by atoms with van der Waals surface area (Å²) < 4.78 is 16.8. The van der Waals surface area contributed by atoms with E-state index in [0.29, 0.717) is 13.2 Å².